The normalized spacial score (nSPS) is 11.6. The Balaban J connectivity index is 2.60. The number of rotatable bonds is 8. The summed E-state index contributed by atoms with van der Waals surface area (Å²) in [6.07, 6.45) is 0.681. The summed E-state index contributed by atoms with van der Waals surface area (Å²) in [4.78, 5) is 16.4. The predicted octanol–water partition coefficient (Wildman–Crippen LogP) is 2.42. The molecule has 23 heavy (non-hydrogen) atoms. The number of amides is 1. The maximum Gasteiger partial charge on any atom is 0.238 e. The third-order valence-corrected chi connectivity index (χ3v) is 3.37. The molecular weight excluding hydrogens is 290 g/mol. The monoisotopic (exact) mass is 321 g/mol. The molecule has 5 nitrogen and oxygen atoms in total. The molecule has 0 radical (unpaired) electrons. The summed E-state index contributed by atoms with van der Waals surface area (Å²) in [5.41, 5.74) is 2.02. The Hall–Kier alpha value is -1.59. The molecule has 0 aromatic heterocycles. The molecular formula is C18H31N3O2. The second-order valence-electron chi connectivity index (χ2n) is 7.34. The van der Waals surface area contributed by atoms with Gasteiger partial charge in [0, 0.05) is 45.2 Å². The highest BCUT2D eigenvalue weighted by Gasteiger charge is 2.18. The van der Waals surface area contributed by atoms with Gasteiger partial charge in [0.2, 0.25) is 5.91 Å². The molecule has 0 aliphatic rings. The lowest BCUT2D eigenvalue weighted by atomic mass is 9.96. The van der Waals surface area contributed by atoms with Crippen molar-refractivity contribution in [2.45, 2.75) is 27.2 Å². The fraction of sp³-hybridized carbons (Fsp3) is 0.611. The number of aliphatic hydroxyl groups is 1. The van der Waals surface area contributed by atoms with E-state index >= 15 is 0 Å². The SMILES string of the molecule is CN(C)c1ccc(NC(=O)CN(CCCO)CC(C)(C)C)cc1. The fourth-order valence-corrected chi connectivity index (χ4v) is 2.43. The smallest absolute Gasteiger partial charge is 0.238 e. The zero-order valence-electron chi connectivity index (χ0n) is 15.1. The summed E-state index contributed by atoms with van der Waals surface area (Å²) in [7, 11) is 3.97. The molecule has 0 heterocycles. The van der Waals surface area contributed by atoms with Gasteiger partial charge in [-0.25, -0.2) is 0 Å². The maximum absolute atomic E-state index is 12.3. The van der Waals surface area contributed by atoms with E-state index in [1.54, 1.807) is 0 Å². The van der Waals surface area contributed by atoms with E-state index < -0.39 is 0 Å². The van der Waals surface area contributed by atoms with E-state index in [-0.39, 0.29) is 17.9 Å². The lowest BCUT2D eigenvalue weighted by Gasteiger charge is -2.29. The molecule has 5 heteroatoms. The zero-order chi connectivity index (χ0) is 17.5. The second-order valence-corrected chi connectivity index (χ2v) is 7.34. The summed E-state index contributed by atoms with van der Waals surface area (Å²) >= 11 is 0. The number of hydrogen-bond acceptors (Lipinski definition) is 4. The summed E-state index contributed by atoms with van der Waals surface area (Å²) < 4.78 is 0. The van der Waals surface area contributed by atoms with Crippen LogP contribution in [0.1, 0.15) is 27.2 Å². The van der Waals surface area contributed by atoms with Gasteiger partial charge in [-0.15, -0.1) is 0 Å². The fourth-order valence-electron chi connectivity index (χ4n) is 2.43. The van der Waals surface area contributed by atoms with Gasteiger partial charge < -0.3 is 15.3 Å². The molecule has 0 saturated carbocycles. The highest BCUT2D eigenvalue weighted by molar-refractivity contribution is 5.92. The molecule has 0 atom stereocenters. The van der Waals surface area contributed by atoms with E-state index in [0.29, 0.717) is 13.0 Å². The van der Waals surface area contributed by atoms with Gasteiger partial charge in [0.25, 0.3) is 0 Å². The number of anilines is 2. The molecule has 0 aliphatic heterocycles. The van der Waals surface area contributed by atoms with E-state index in [4.69, 9.17) is 5.11 Å². The molecule has 0 unspecified atom stereocenters. The van der Waals surface area contributed by atoms with Crippen LogP contribution in [0, 0.1) is 5.41 Å². The van der Waals surface area contributed by atoms with Crippen LogP contribution >= 0.6 is 0 Å². The minimum atomic E-state index is -0.0233. The largest absolute Gasteiger partial charge is 0.396 e. The van der Waals surface area contributed by atoms with Gasteiger partial charge in [-0.3, -0.25) is 9.69 Å². The summed E-state index contributed by atoms with van der Waals surface area (Å²) in [5, 5.41) is 12.0. The Morgan fingerprint density at radius 2 is 1.78 bits per heavy atom. The first-order valence-corrected chi connectivity index (χ1v) is 8.12. The average Bonchev–Trinajstić information content (AvgIpc) is 2.43. The van der Waals surface area contributed by atoms with Crippen LogP contribution in [0.25, 0.3) is 0 Å². The van der Waals surface area contributed by atoms with E-state index in [2.05, 4.69) is 31.0 Å². The third-order valence-electron chi connectivity index (χ3n) is 3.37. The Morgan fingerprint density at radius 3 is 2.26 bits per heavy atom. The van der Waals surface area contributed by atoms with Gasteiger partial charge in [0.1, 0.15) is 0 Å². The second kappa shape index (κ2) is 8.89. The van der Waals surface area contributed by atoms with E-state index in [9.17, 15) is 4.79 Å². The summed E-state index contributed by atoms with van der Waals surface area (Å²) in [6, 6.07) is 7.78. The van der Waals surface area contributed by atoms with E-state index in [0.717, 1.165) is 24.5 Å². The van der Waals surface area contributed by atoms with Crippen molar-refractivity contribution in [1.82, 2.24) is 4.90 Å². The van der Waals surface area contributed by atoms with Crippen molar-refractivity contribution in [2.75, 3.05) is 50.6 Å². The number of aliphatic hydroxyl groups excluding tert-OH is 1. The van der Waals surface area contributed by atoms with Crippen LogP contribution in [-0.4, -0.2) is 56.3 Å². The zero-order valence-corrected chi connectivity index (χ0v) is 15.1. The third kappa shape index (κ3) is 8.00. The molecule has 1 aromatic carbocycles. The first kappa shape index (κ1) is 19.5. The van der Waals surface area contributed by atoms with Crippen LogP contribution in [0.15, 0.2) is 24.3 Å². The van der Waals surface area contributed by atoms with Gasteiger partial charge >= 0.3 is 0 Å². The minimum absolute atomic E-state index is 0.0233. The lowest BCUT2D eigenvalue weighted by molar-refractivity contribution is -0.117. The van der Waals surface area contributed by atoms with Gasteiger partial charge in [0.05, 0.1) is 6.54 Å². The van der Waals surface area contributed by atoms with Gasteiger partial charge in [0.15, 0.2) is 0 Å². The first-order chi connectivity index (χ1) is 10.7. The van der Waals surface area contributed by atoms with E-state index in [1.165, 1.54) is 0 Å². The van der Waals surface area contributed by atoms with Crippen molar-refractivity contribution in [3.63, 3.8) is 0 Å². The number of nitrogens with one attached hydrogen (secondary N) is 1. The standard InChI is InChI=1S/C18H31N3O2/c1-18(2,3)14-21(11-6-12-22)13-17(23)19-15-7-9-16(10-8-15)20(4)5/h7-10,22H,6,11-14H2,1-5H3,(H,19,23). The van der Waals surface area contributed by atoms with Gasteiger partial charge in [-0.1, -0.05) is 20.8 Å². The van der Waals surface area contributed by atoms with Gasteiger partial charge in [-0.2, -0.15) is 0 Å². The minimum Gasteiger partial charge on any atom is -0.396 e. The van der Waals surface area contributed by atoms with Crippen molar-refractivity contribution in [1.29, 1.82) is 0 Å². The molecule has 0 spiro atoms. The number of nitrogens with zero attached hydrogens (tertiary/aromatic N) is 2. The van der Waals surface area contributed by atoms with Crippen LogP contribution in [0.4, 0.5) is 11.4 Å². The lowest BCUT2D eigenvalue weighted by Crippen LogP contribution is -2.39. The molecule has 0 bridgehead atoms. The average molecular weight is 321 g/mol. The molecule has 0 fully saturated rings. The van der Waals surface area contributed by atoms with Crippen molar-refractivity contribution in [3.05, 3.63) is 24.3 Å². The molecule has 2 N–H and O–H groups in total. The Labute approximate surface area is 140 Å². The van der Waals surface area contributed by atoms with Crippen LogP contribution in [-0.2, 0) is 4.79 Å². The summed E-state index contributed by atoms with van der Waals surface area (Å²) in [5.74, 6) is -0.0233. The van der Waals surface area contributed by atoms with E-state index in [1.807, 2.05) is 43.3 Å². The van der Waals surface area contributed by atoms with Crippen LogP contribution in [0.2, 0.25) is 0 Å². The van der Waals surface area contributed by atoms with Crippen molar-refractivity contribution >= 4 is 17.3 Å². The van der Waals surface area contributed by atoms with Crippen molar-refractivity contribution < 1.29 is 9.90 Å². The summed E-state index contributed by atoms with van der Waals surface area (Å²) in [6.45, 7) is 8.48. The molecule has 1 rings (SSSR count). The molecule has 0 saturated heterocycles. The number of carbonyl (C=O) groups is 1. The maximum atomic E-state index is 12.3. The first-order valence-electron chi connectivity index (χ1n) is 8.12. The van der Waals surface area contributed by atoms with Crippen molar-refractivity contribution in [3.8, 4) is 0 Å². The number of benzene rings is 1. The molecule has 1 amide bonds. The van der Waals surface area contributed by atoms with Crippen LogP contribution in [0.3, 0.4) is 0 Å². The van der Waals surface area contributed by atoms with Crippen LogP contribution < -0.4 is 10.2 Å². The number of hydrogen-bond donors (Lipinski definition) is 2. The Kier molecular flexibility index (Phi) is 7.52. The highest BCUT2D eigenvalue weighted by Crippen LogP contribution is 2.17. The van der Waals surface area contributed by atoms with Crippen LogP contribution in [0.5, 0.6) is 0 Å². The molecule has 0 aliphatic carbocycles. The van der Waals surface area contributed by atoms with Gasteiger partial charge in [-0.05, 0) is 36.1 Å². The molecule has 1 aromatic rings. The highest BCUT2D eigenvalue weighted by atomic mass is 16.3. The molecule has 130 valence electrons. The topological polar surface area (TPSA) is 55.8 Å². The Morgan fingerprint density at radius 1 is 1.17 bits per heavy atom. The Bertz CT molecular complexity index is 478. The quantitative estimate of drug-likeness (QED) is 0.772. The number of carbonyl (C=O) groups excluding carboxylic acids is 1. The van der Waals surface area contributed by atoms with Crippen molar-refractivity contribution in [2.24, 2.45) is 5.41 Å². The predicted molar refractivity (Wildman–Crippen MR) is 97.0 cm³/mol.